The molecule has 3 unspecified atom stereocenters. The number of hydrogen-bond acceptors (Lipinski definition) is 4. The van der Waals surface area contributed by atoms with Crippen LogP contribution in [0.2, 0.25) is 0 Å². The molecule has 1 aliphatic rings. The summed E-state index contributed by atoms with van der Waals surface area (Å²) in [6, 6.07) is 2.13. The Morgan fingerprint density at radius 1 is 1.50 bits per heavy atom. The SMILES string of the molecule is Cc1ccsc1CNCC(O)COC1CCCC(C)C1. The van der Waals surface area contributed by atoms with Crippen LogP contribution in [0.25, 0.3) is 0 Å². The molecule has 3 nitrogen and oxygen atoms in total. The lowest BCUT2D eigenvalue weighted by atomic mass is 9.89. The highest BCUT2D eigenvalue weighted by atomic mass is 32.1. The molecule has 0 aliphatic heterocycles. The molecule has 1 aromatic heterocycles. The highest BCUT2D eigenvalue weighted by Gasteiger charge is 2.20. The van der Waals surface area contributed by atoms with Crippen LogP contribution in [0.4, 0.5) is 0 Å². The first-order valence-electron chi connectivity index (χ1n) is 7.68. The number of nitrogens with one attached hydrogen (secondary N) is 1. The van der Waals surface area contributed by atoms with Gasteiger partial charge in [-0.05, 0) is 42.7 Å². The fourth-order valence-electron chi connectivity index (χ4n) is 2.77. The van der Waals surface area contributed by atoms with Gasteiger partial charge in [0.15, 0.2) is 0 Å². The van der Waals surface area contributed by atoms with Gasteiger partial charge in [-0.15, -0.1) is 11.3 Å². The van der Waals surface area contributed by atoms with Gasteiger partial charge < -0.3 is 15.2 Å². The van der Waals surface area contributed by atoms with Crippen LogP contribution in [-0.2, 0) is 11.3 Å². The zero-order chi connectivity index (χ0) is 14.4. The first kappa shape index (κ1) is 16.0. The van der Waals surface area contributed by atoms with Gasteiger partial charge >= 0.3 is 0 Å². The van der Waals surface area contributed by atoms with Crippen molar-refractivity contribution in [1.29, 1.82) is 0 Å². The zero-order valence-corrected chi connectivity index (χ0v) is 13.4. The highest BCUT2D eigenvalue weighted by molar-refractivity contribution is 7.10. The predicted octanol–water partition coefficient (Wildman–Crippen LogP) is 3.10. The molecule has 3 atom stereocenters. The number of rotatable bonds is 7. The number of thiophene rings is 1. The maximum Gasteiger partial charge on any atom is 0.0897 e. The molecule has 0 radical (unpaired) electrons. The second kappa shape index (κ2) is 8.13. The number of aliphatic hydroxyl groups excluding tert-OH is 1. The van der Waals surface area contributed by atoms with E-state index in [1.165, 1.54) is 23.3 Å². The van der Waals surface area contributed by atoms with Crippen LogP contribution >= 0.6 is 11.3 Å². The monoisotopic (exact) mass is 297 g/mol. The van der Waals surface area contributed by atoms with Crippen LogP contribution in [0.5, 0.6) is 0 Å². The van der Waals surface area contributed by atoms with Crippen LogP contribution in [0, 0.1) is 12.8 Å². The van der Waals surface area contributed by atoms with Gasteiger partial charge in [0, 0.05) is 18.0 Å². The first-order valence-corrected chi connectivity index (χ1v) is 8.56. The van der Waals surface area contributed by atoms with E-state index in [1.807, 2.05) is 0 Å². The van der Waals surface area contributed by atoms with Gasteiger partial charge in [-0.2, -0.15) is 0 Å². The van der Waals surface area contributed by atoms with Gasteiger partial charge in [0.1, 0.15) is 0 Å². The van der Waals surface area contributed by atoms with E-state index in [9.17, 15) is 5.11 Å². The smallest absolute Gasteiger partial charge is 0.0897 e. The van der Waals surface area contributed by atoms with Crippen molar-refractivity contribution in [1.82, 2.24) is 5.32 Å². The molecule has 0 amide bonds. The fraction of sp³-hybridized carbons (Fsp3) is 0.750. The van der Waals surface area contributed by atoms with E-state index < -0.39 is 6.10 Å². The Balaban J connectivity index is 1.58. The van der Waals surface area contributed by atoms with Crippen molar-refractivity contribution < 1.29 is 9.84 Å². The van der Waals surface area contributed by atoms with Crippen LogP contribution < -0.4 is 5.32 Å². The summed E-state index contributed by atoms with van der Waals surface area (Å²) in [4.78, 5) is 1.35. The van der Waals surface area contributed by atoms with Crippen molar-refractivity contribution >= 4 is 11.3 Å². The lowest BCUT2D eigenvalue weighted by Crippen LogP contribution is -2.32. The van der Waals surface area contributed by atoms with Crippen molar-refractivity contribution in [2.75, 3.05) is 13.2 Å². The second-order valence-corrected chi connectivity index (χ2v) is 7.04. The molecule has 0 aromatic carbocycles. The summed E-state index contributed by atoms with van der Waals surface area (Å²) in [5.41, 5.74) is 1.32. The largest absolute Gasteiger partial charge is 0.389 e. The lowest BCUT2D eigenvalue weighted by Gasteiger charge is -2.27. The Morgan fingerprint density at radius 2 is 2.35 bits per heavy atom. The molecule has 20 heavy (non-hydrogen) atoms. The molecule has 2 rings (SSSR count). The maximum atomic E-state index is 9.96. The minimum atomic E-state index is -0.410. The minimum absolute atomic E-state index is 0.355. The van der Waals surface area contributed by atoms with Gasteiger partial charge in [0.05, 0.1) is 18.8 Å². The molecule has 1 saturated carbocycles. The molecule has 1 heterocycles. The summed E-state index contributed by atoms with van der Waals surface area (Å²) < 4.78 is 5.84. The normalized spacial score (nSPS) is 24.8. The third-order valence-electron chi connectivity index (χ3n) is 4.05. The van der Waals surface area contributed by atoms with E-state index in [1.54, 1.807) is 11.3 Å². The molecule has 0 bridgehead atoms. The molecular formula is C16H27NO2S. The Hall–Kier alpha value is -0.420. The van der Waals surface area contributed by atoms with Gasteiger partial charge in [0.2, 0.25) is 0 Å². The molecular weight excluding hydrogens is 270 g/mol. The summed E-state index contributed by atoms with van der Waals surface area (Å²) >= 11 is 1.76. The molecule has 1 fully saturated rings. The van der Waals surface area contributed by atoms with Crippen molar-refractivity contribution in [2.45, 2.75) is 58.3 Å². The van der Waals surface area contributed by atoms with E-state index in [4.69, 9.17) is 4.74 Å². The van der Waals surface area contributed by atoms with Crippen LogP contribution in [0.3, 0.4) is 0 Å². The number of hydrogen-bond donors (Lipinski definition) is 2. The summed E-state index contributed by atoms with van der Waals surface area (Å²) in [5.74, 6) is 0.769. The minimum Gasteiger partial charge on any atom is -0.389 e. The topological polar surface area (TPSA) is 41.5 Å². The average molecular weight is 297 g/mol. The van der Waals surface area contributed by atoms with Gasteiger partial charge in [-0.3, -0.25) is 0 Å². The summed E-state index contributed by atoms with van der Waals surface area (Å²) in [6.07, 6.45) is 4.83. The van der Waals surface area contributed by atoms with Crippen LogP contribution in [0.15, 0.2) is 11.4 Å². The zero-order valence-electron chi connectivity index (χ0n) is 12.6. The van der Waals surface area contributed by atoms with E-state index in [0.717, 1.165) is 25.3 Å². The van der Waals surface area contributed by atoms with Gasteiger partial charge in [0.25, 0.3) is 0 Å². The Kier molecular flexibility index (Phi) is 6.49. The van der Waals surface area contributed by atoms with E-state index in [-0.39, 0.29) is 0 Å². The average Bonchev–Trinajstić information content (AvgIpc) is 2.82. The third-order valence-corrected chi connectivity index (χ3v) is 5.07. The molecule has 2 N–H and O–H groups in total. The Morgan fingerprint density at radius 3 is 3.05 bits per heavy atom. The van der Waals surface area contributed by atoms with Crippen molar-refractivity contribution in [3.05, 3.63) is 21.9 Å². The molecule has 1 aromatic rings. The summed E-state index contributed by atoms with van der Waals surface area (Å²) in [6.45, 7) is 6.29. The number of aliphatic hydroxyl groups is 1. The van der Waals surface area contributed by atoms with Crippen LogP contribution in [0.1, 0.15) is 43.0 Å². The number of aryl methyl sites for hydroxylation is 1. The van der Waals surface area contributed by atoms with E-state index >= 15 is 0 Å². The maximum absolute atomic E-state index is 9.96. The van der Waals surface area contributed by atoms with Crippen molar-refractivity contribution in [2.24, 2.45) is 5.92 Å². The summed E-state index contributed by atoms with van der Waals surface area (Å²) in [5, 5.41) is 15.4. The van der Waals surface area contributed by atoms with E-state index in [2.05, 4.69) is 30.6 Å². The van der Waals surface area contributed by atoms with Crippen molar-refractivity contribution in [3.63, 3.8) is 0 Å². The fourth-order valence-corrected chi connectivity index (χ4v) is 3.65. The summed E-state index contributed by atoms with van der Waals surface area (Å²) in [7, 11) is 0. The van der Waals surface area contributed by atoms with Gasteiger partial charge in [-0.25, -0.2) is 0 Å². The molecule has 1 aliphatic carbocycles. The molecule has 4 heteroatoms. The molecule has 0 saturated heterocycles. The Labute approximate surface area is 126 Å². The second-order valence-electron chi connectivity index (χ2n) is 6.04. The first-order chi connectivity index (χ1) is 9.65. The van der Waals surface area contributed by atoms with Crippen molar-refractivity contribution in [3.8, 4) is 0 Å². The quantitative estimate of drug-likeness (QED) is 0.812. The molecule has 114 valence electrons. The van der Waals surface area contributed by atoms with Gasteiger partial charge in [-0.1, -0.05) is 19.8 Å². The lowest BCUT2D eigenvalue weighted by molar-refractivity contribution is -0.0306. The highest BCUT2D eigenvalue weighted by Crippen LogP contribution is 2.25. The molecule has 0 spiro atoms. The standard InChI is InChI=1S/C16H27NO2S/c1-12-4-3-5-15(8-12)19-11-14(18)9-17-10-16-13(2)6-7-20-16/h6-7,12,14-15,17-18H,3-5,8-11H2,1-2H3. The van der Waals surface area contributed by atoms with Crippen LogP contribution in [-0.4, -0.2) is 30.5 Å². The Bertz CT molecular complexity index is 394. The number of ether oxygens (including phenoxy) is 1. The third kappa shape index (κ3) is 5.17. The predicted molar refractivity (Wildman–Crippen MR) is 84.1 cm³/mol. The van der Waals surface area contributed by atoms with E-state index in [0.29, 0.717) is 19.3 Å².